The van der Waals surface area contributed by atoms with Gasteiger partial charge in [0.25, 0.3) is 5.91 Å². The van der Waals surface area contributed by atoms with Gasteiger partial charge in [0.05, 0.1) is 6.61 Å². The number of carboxylic acids is 1. The molecule has 0 bridgehead atoms. The minimum absolute atomic E-state index is 0.0694. The number of aryl methyl sites for hydroxylation is 1. The number of carbonyl (C=O) groups is 2. The van der Waals surface area contributed by atoms with Crippen LogP contribution in [-0.2, 0) is 9.53 Å². The van der Waals surface area contributed by atoms with Gasteiger partial charge in [0.2, 0.25) is 0 Å². The third kappa shape index (κ3) is 4.92. The van der Waals surface area contributed by atoms with Gasteiger partial charge in [-0.3, -0.25) is 4.79 Å². The summed E-state index contributed by atoms with van der Waals surface area (Å²) in [7, 11) is 1.53. The van der Waals surface area contributed by atoms with Crippen LogP contribution in [0.15, 0.2) is 12.1 Å². The van der Waals surface area contributed by atoms with Crippen molar-refractivity contribution in [2.75, 3.05) is 26.9 Å². The second-order valence-electron chi connectivity index (χ2n) is 3.74. The molecule has 0 saturated heterocycles. The number of pyridine rings is 1. The molecule has 0 aliphatic carbocycles. The molecule has 1 rings (SSSR count). The summed E-state index contributed by atoms with van der Waals surface area (Å²) in [5, 5.41) is 11.5. The molecule has 0 spiro atoms. The molecule has 2 N–H and O–H groups in total. The first kappa shape index (κ1) is 14.9. The fraction of sp³-hybridized carbons (Fsp3) is 0.417. The van der Waals surface area contributed by atoms with E-state index in [0.717, 1.165) is 0 Å². The minimum Gasteiger partial charge on any atom is -0.481 e. The number of aromatic nitrogens is 1. The maximum Gasteiger partial charge on any atom is 0.358 e. The summed E-state index contributed by atoms with van der Waals surface area (Å²) < 4.78 is 9.93. The second-order valence-corrected chi connectivity index (χ2v) is 3.74. The Bertz CT molecular complexity index is 461. The minimum atomic E-state index is -1.20. The van der Waals surface area contributed by atoms with Gasteiger partial charge in [-0.2, -0.15) is 0 Å². The van der Waals surface area contributed by atoms with Crippen molar-refractivity contribution in [3.8, 4) is 5.75 Å². The maximum absolute atomic E-state index is 11.4. The Balaban J connectivity index is 2.57. The van der Waals surface area contributed by atoms with Crippen LogP contribution in [0.25, 0.3) is 0 Å². The first-order valence-electron chi connectivity index (χ1n) is 5.64. The normalized spacial score (nSPS) is 10.0. The predicted octanol–water partition coefficient (Wildman–Crippen LogP) is 0.230. The predicted molar refractivity (Wildman–Crippen MR) is 66.3 cm³/mol. The Kier molecular flexibility index (Phi) is 5.74. The van der Waals surface area contributed by atoms with Gasteiger partial charge in [0.15, 0.2) is 18.1 Å². The molecule has 0 atom stereocenters. The van der Waals surface area contributed by atoms with Crippen LogP contribution >= 0.6 is 0 Å². The molecule has 0 fully saturated rings. The van der Waals surface area contributed by atoms with Crippen LogP contribution in [0.2, 0.25) is 0 Å². The van der Waals surface area contributed by atoms with Crippen molar-refractivity contribution >= 4 is 11.9 Å². The van der Waals surface area contributed by atoms with Gasteiger partial charge in [0, 0.05) is 19.3 Å². The number of aromatic carboxylic acids is 1. The van der Waals surface area contributed by atoms with Crippen molar-refractivity contribution in [3.05, 3.63) is 23.5 Å². The van der Waals surface area contributed by atoms with E-state index in [9.17, 15) is 9.59 Å². The number of carboxylic acid groups (broad SMARTS) is 1. The molecule has 0 aliphatic heterocycles. The van der Waals surface area contributed by atoms with Crippen LogP contribution in [0.1, 0.15) is 16.2 Å². The third-order valence-corrected chi connectivity index (χ3v) is 2.19. The van der Waals surface area contributed by atoms with Crippen LogP contribution in [0.3, 0.4) is 0 Å². The van der Waals surface area contributed by atoms with E-state index in [1.165, 1.54) is 13.2 Å². The molecule has 104 valence electrons. The van der Waals surface area contributed by atoms with E-state index in [4.69, 9.17) is 14.6 Å². The Morgan fingerprint density at radius 1 is 1.42 bits per heavy atom. The van der Waals surface area contributed by atoms with Crippen molar-refractivity contribution in [2.45, 2.75) is 6.92 Å². The van der Waals surface area contributed by atoms with Crippen LogP contribution in [0.5, 0.6) is 5.75 Å². The molecule has 0 aromatic carbocycles. The second kappa shape index (κ2) is 7.32. The topological polar surface area (TPSA) is 97.8 Å². The third-order valence-electron chi connectivity index (χ3n) is 2.19. The Labute approximate surface area is 110 Å². The van der Waals surface area contributed by atoms with Gasteiger partial charge in [-0.15, -0.1) is 0 Å². The highest BCUT2D eigenvalue weighted by Crippen LogP contribution is 2.16. The summed E-state index contributed by atoms with van der Waals surface area (Å²) in [5.41, 5.74) is 0.360. The molecule has 1 heterocycles. The van der Waals surface area contributed by atoms with Gasteiger partial charge < -0.3 is 19.9 Å². The zero-order valence-electron chi connectivity index (χ0n) is 10.8. The van der Waals surface area contributed by atoms with Gasteiger partial charge in [0.1, 0.15) is 0 Å². The molecule has 0 radical (unpaired) electrons. The van der Waals surface area contributed by atoms with Crippen molar-refractivity contribution < 1.29 is 24.2 Å². The Morgan fingerprint density at radius 3 is 2.79 bits per heavy atom. The summed E-state index contributed by atoms with van der Waals surface area (Å²) in [4.78, 5) is 26.2. The molecule has 7 heteroatoms. The summed E-state index contributed by atoms with van der Waals surface area (Å²) in [6, 6.07) is 3.10. The molecule has 1 amide bonds. The quantitative estimate of drug-likeness (QED) is 0.687. The molecule has 0 aliphatic rings. The van der Waals surface area contributed by atoms with Crippen molar-refractivity contribution in [1.29, 1.82) is 0 Å². The van der Waals surface area contributed by atoms with E-state index >= 15 is 0 Å². The number of nitrogens with one attached hydrogen (secondary N) is 1. The van der Waals surface area contributed by atoms with E-state index < -0.39 is 5.97 Å². The summed E-state index contributed by atoms with van der Waals surface area (Å²) >= 11 is 0. The van der Waals surface area contributed by atoms with Gasteiger partial charge in [-0.05, 0) is 19.1 Å². The summed E-state index contributed by atoms with van der Waals surface area (Å²) in [6.45, 7) is 2.18. The lowest BCUT2D eigenvalue weighted by atomic mass is 10.3. The molecular weight excluding hydrogens is 252 g/mol. The maximum atomic E-state index is 11.4. The highest BCUT2D eigenvalue weighted by Gasteiger charge is 2.14. The van der Waals surface area contributed by atoms with E-state index in [2.05, 4.69) is 10.3 Å². The van der Waals surface area contributed by atoms with Gasteiger partial charge in [-0.1, -0.05) is 0 Å². The molecule has 0 unspecified atom stereocenters. The number of nitrogens with zero attached hydrogens (tertiary/aromatic N) is 1. The lowest BCUT2D eigenvalue weighted by Gasteiger charge is -2.09. The number of hydrogen-bond donors (Lipinski definition) is 2. The van der Waals surface area contributed by atoms with E-state index in [-0.39, 0.29) is 24.0 Å². The van der Waals surface area contributed by atoms with Gasteiger partial charge >= 0.3 is 5.97 Å². The fourth-order valence-electron chi connectivity index (χ4n) is 1.30. The standard InChI is InChI=1S/C12H16N2O5/c1-8-3-4-9(11(14-8)12(16)17)19-7-10(15)13-5-6-18-2/h3-4H,5-7H2,1-2H3,(H,13,15)(H,16,17). The molecular formula is C12H16N2O5. The van der Waals surface area contributed by atoms with Crippen molar-refractivity contribution in [2.24, 2.45) is 0 Å². The number of amides is 1. The first-order valence-corrected chi connectivity index (χ1v) is 5.64. The molecule has 19 heavy (non-hydrogen) atoms. The van der Waals surface area contributed by atoms with E-state index in [0.29, 0.717) is 18.8 Å². The van der Waals surface area contributed by atoms with Crippen molar-refractivity contribution in [1.82, 2.24) is 10.3 Å². The Morgan fingerprint density at radius 2 is 2.16 bits per heavy atom. The number of ether oxygens (including phenoxy) is 2. The first-order chi connectivity index (χ1) is 9.04. The average Bonchev–Trinajstić information content (AvgIpc) is 2.37. The van der Waals surface area contributed by atoms with Crippen LogP contribution in [0.4, 0.5) is 0 Å². The van der Waals surface area contributed by atoms with E-state index in [1.807, 2.05) is 0 Å². The highest BCUT2D eigenvalue weighted by atomic mass is 16.5. The zero-order valence-corrected chi connectivity index (χ0v) is 10.8. The SMILES string of the molecule is COCCNC(=O)COc1ccc(C)nc1C(=O)O. The monoisotopic (exact) mass is 268 g/mol. The highest BCUT2D eigenvalue weighted by molar-refractivity contribution is 5.88. The molecule has 1 aromatic rings. The lowest BCUT2D eigenvalue weighted by Crippen LogP contribution is -2.31. The fourth-order valence-corrected chi connectivity index (χ4v) is 1.30. The van der Waals surface area contributed by atoms with Crippen molar-refractivity contribution in [3.63, 3.8) is 0 Å². The number of hydrogen-bond acceptors (Lipinski definition) is 5. The van der Waals surface area contributed by atoms with Crippen LogP contribution < -0.4 is 10.1 Å². The molecule has 0 saturated carbocycles. The van der Waals surface area contributed by atoms with Crippen LogP contribution in [0, 0.1) is 6.92 Å². The zero-order chi connectivity index (χ0) is 14.3. The number of carbonyl (C=O) groups excluding carboxylic acids is 1. The number of rotatable bonds is 7. The molecule has 7 nitrogen and oxygen atoms in total. The lowest BCUT2D eigenvalue weighted by molar-refractivity contribution is -0.123. The largest absolute Gasteiger partial charge is 0.481 e. The number of methoxy groups -OCH3 is 1. The average molecular weight is 268 g/mol. The van der Waals surface area contributed by atoms with Gasteiger partial charge in [-0.25, -0.2) is 9.78 Å². The smallest absolute Gasteiger partial charge is 0.358 e. The molecule has 1 aromatic heterocycles. The summed E-state index contributed by atoms with van der Waals surface area (Å²) in [5.74, 6) is -1.48. The van der Waals surface area contributed by atoms with E-state index in [1.54, 1.807) is 13.0 Å². The Hall–Kier alpha value is -2.15. The van der Waals surface area contributed by atoms with Crippen LogP contribution in [-0.4, -0.2) is 48.8 Å². The summed E-state index contributed by atoms with van der Waals surface area (Å²) in [6.07, 6.45) is 0.